The minimum absolute atomic E-state index is 0.587. The van der Waals surface area contributed by atoms with Gasteiger partial charge in [-0.15, -0.1) is 0 Å². The van der Waals surface area contributed by atoms with E-state index in [1.54, 1.807) is 0 Å². The van der Waals surface area contributed by atoms with Crippen LogP contribution in [0.3, 0.4) is 0 Å². The molecule has 0 amide bonds. The van der Waals surface area contributed by atoms with E-state index < -0.39 is 0 Å². The average Bonchev–Trinajstić information content (AvgIpc) is 3.63. The predicted molar refractivity (Wildman–Crippen MR) is 336 cm³/mol. The van der Waals surface area contributed by atoms with Crippen molar-refractivity contribution < 1.29 is 0 Å². The van der Waals surface area contributed by atoms with Crippen LogP contribution in [0.2, 0.25) is 0 Å². The molecule has 8 nitrogen and oxygen atoms in total. The van der Waals surface area contributed by atoms with Crippen molar-refractivity contribution in [1.29, 1.82) is 0 Å². The van der Waals surface area contributed by atoms with E-state index >= 15 is 0 Å². The molecule has 0 radical (unpaired) electrons. The minimum atomic E-state index is 0.587. The number of benzene rings is 11. The summed E-state index contributed by atoms with van der Waals surface area (Å²) >= 11 is 0. The number of rotatable bonds is 9. The van der Waals surface area contributed by atoms with Crippen LogP contribution in [0.5, 0.6) is 0 Å². The Labute approximate surface area is 472 Å². The second-order valence-corrected chi connectivity index (χ2v) is 21.1. The summed E-state index contributed by atoms with van der Waals surface area (Å²) in [5.41, 5.74) is 27.1. The van der Waals surface area contributed by atoms with Crippen LogP contribution >= 0.6 is 0 Å². The average molecular weight is 1050 g/mol. The summed E-state index contributed by atoms with van der Waals surface area (Å²) < 4.78 is 8.98. The number of hydrogen-bond donors (Lipinski definition) is 0. The third-order valence-electron chi connectivity index (χ3n) is 16.3. The molecule has 0 N–H and O–H groups in total. The maximum atomic E-state index is 5.58. The Balaban J connectivity index is 0.946. The summed E-state index contributed by atoms with van der Waals surface area (Å²) in [6.07, 6.45) is 1.91. The Morgan fingerprint density at radius 3 is 1.21 bits per heavy atom. The van der Waals surface area contributed by atoms with Gasteiger partial charge in [-0.2, -0.15) is 4.98 Å². The van der Waals surface area contributed by atoms with Gasteiger partial charge in [0.25, 0.3) is 0 Å². The highest BCUT2D eigenvalue weighted by molar-refractivity contribution is 6.15. The number of aryl methyl sites for hydroxylation is 2. The summed E-state index contributed by atoms with van der Waals surface area (Å²) in [6, 6.07) is 93.5. The molecular formula is C74H50N8. The fraction of sp³-hybridized carbons (Fsp3) is 0.0270. The van der Waals surface area contributed by atoms with Crippen molar-refractivity contribution >= 4 is 55.9 Å². The quantitative estimate of drug-likeness (QED) is 0.144. The van der Waals surface area contributed by atoms with E-state index in [2.05, 4.69) is 287 Å². The third kappa shape index (κ3) is 7.24. The third-order valence-corrected chi connectivity index (χ3v) is 16.3. The molecule has 0 aliphatic heterocycles. The van der Waals surface area contributed by atoms with Gasteiger partial charge in [0.15, 0.2) is 11.3 Å². The van der Waals surface area contributed by atoms with E-state index in [1.165, 1.54) is 16.7 Å². The van der Waals surface area contributed by atoms with Crippen molar-refractivity contribution in [2.45, 2.75) is 13.8 Å². The van der Waals surface area contributed by atoms with Gasteiger partial charge < -0.3 is 0 Å². The van der Waals surface area contributed by atoms with Crippen LogP contribution in [0.4, 0.5) is 0 Å². The monoisotopic (exact) mass is 1050 g/mol. The van der Waals surface area contributed by atoms with Gasteiger partial charge in [0, 0.05) is 16.9 Å². The van der Waals surface area contributed by atoms with Gasteiger partial charge in [-0.25, -0.2) is 15.0 Å². The number of nitrogens with zero attached hydrogens (tertiary/aromatic N) is 8. The standard InChI is InChI=1S/C74H50N8/c1-47-44-57-70(48(2)63(47)58-46-75-72-71(76-58)78-74-79(55-37-19-8-20-38-55)60-41-22-24-43-62(60)82(72)74)81-61-42-23-21-40-59(61)80(73(81)77-57)56-39-25-36-54(45-56)69-67(52-32-15-6-16-33-52)65(50-28-11-4-12-29-50)64(49-26-9-3-10-27-49)66(51-30-13-5-14-31-51)68(69)53-34-17-7-18-35-53/h3-46H,1-2H3. The molecule has 16 rings (SSSR count). The molecule has 16 aromatic rings. The Kier molecular flexibility index (Phi) is 10.8. The lowest BCUT2D eigenvalue weighted by molar-refractivity contribution is 1.10. The summed E-state index contributed by atoms with van der Waals surface area (Å²) in [7, 11) is 0. The van der Waals surface area contributed by atoms with Gasteiger partial charge in [0.2, 0.25) is 11.6 Å². The molecule has 0 spiro atoms. The van der Waals surface area contributed by atoms with Gasteiger partial charge in [0.1, 0.15) is 0 Å². The van der Waals surface area contributed by atoms with E-state index in [9.17, 15) is 0 Å². The fourth-order valence-corrected chi connectivity index (χ4v) is 13.0. The zero-order valence-electron chi connectivity index (χ0n) is 45.0. The van der Waals surface area contributed by atoms with E-state index in [-0.39, 0.29) is 0 Å². The van der Waals surface area contributed by atoms with Crippen LogP contribution in [-0.2, 0) is 0 Å². The second kappa shape index (κ2) is 18.9. The number of aromatic nitrogens is 8. The lowest BCUT2D eigenvalue weighted by Gasteiger charge is -2.29. The molecule has 11 aromatic carbocycles. The lowest BCUT2D eigenvalue weighted by Crippen LogP contribution is -2.02. The van der Waals surface area contributed by atoms with Crippen LogP contribution in [0.1, 0.15) is 11.1 Å². The van der Waals surface area contributed by atoms with Gasteiger partial charge in [0.05, 0.1) is 45.0 Å². The van der Waals surface area contributed by atoms with E-state index in [0.29, 0.717) is 11.3 Å². The van der Waals surface area contributed by atoms with Gasteiger partial charge >= 0.3 is 0 Å². The Morgan fingerprint density at radius 2 is 0.707 bits per heavy atom. The molecule has 5 heterocycles. The van der Waals surface area contributed by atoms with Gasteiger partial charge in [-0.05, 0) is 146 Å². The smallest absolute Gasteiger partial charge is 0.223 e. The van der Waals surface area contributed by atoms with Crippen LogP contribution in [0, 0.1) is 13.8 Å². The first-order chi connectivity index (χ1) is 40.6. The van der Waals surface area contributed by atoms with Crippen LogP contribution in [0.15, 0.2) is 267 Å². The number of hydrogen-bond acceptors (Lipinski definition) is 4. The predicted octanol–water partition coefficient (Wildman–Crippen LogP) is 18.3. The Morgan fingerprint density at radius 1 is 0.317 bits per heavy atom. The molecular weight excluding hydrogens is 1000 g/mol. The van der Waals surface area contributed by atoms with Crippen LogP contribution < -0.4 is 0 Å². The Hall–Kier alpha value is -11.0. The largest absolute Gasteiger partial charge is 0.278 e. The van der Waals surface area contributed by atoms with Crippen molar-refractivity contribution in [3.05, 3.63) is 278 Å². The summed E-state index contributed by atoms with van der Waals surface area (Å²) in [6.45, 7) is 4.35. The summed E-state index contributed by atoms with van der Waals surface area (Å²) in [5, 5.41) is 0. The zero-order chi connectivity index (χ0) is 54.4. The molecule has 0 fully saturated rings. The molecule has 0 unspecified atom stereocenters. The highest BCUT2D eigenvalue weighted by Crippen LogP contribution is 2.56. The van der Waals surface area contributed by atoms with Gasteiger partial charge in [-0.3, -0.25) is 17.9 Å². The van der Waals surface area contributed by atoms with Crippen LogP contribution in [0.25, 0.3) is 145 Å². The van der Waals surface area contributed by atoms with E-state index in [1.807, 2.05) is 12.3 Å². The van der Waals surface area contributed by atoms with Crippen molar-refractivity contribution in [1.82, 2.24) is 37.9 Å². The SMILES string of the molecule is Cc1cc2nc3n(-c4cccc(-c5c(-c6ccccc6)c(-c6ccccc6)c(-c6ccccc6)c(-c6ccccc6)c5-c5ccccc5)c4)c4ccccc4n3c2c(C)c1-c1cnc2c(n1)nc1n(-c3ccccc3)c3ccccc3n21. The van der Waals surface area contributed by atoms with Crippen molar-refractivity contribution in [3.63, 3.8) is 0 Å². The maximum absolute atomic E-state index is 5.58. The fourth-order valence-electron chi connectivity index (χ4n) is 13.0. The first-order valence-electron chi connectivity index (χ1n) is 27.8. The summed E-state index contributed by atoms with van der Waals surface area (Å²) in [4.78, 5) is 21.3. The zero-order valence-corrected chi connectivity index (χ0v) is 45.0. The molecule has 0 bridgehead atoms. The molecule has 8 heteroatoms. The van der Waals surface area contributed by atoms with E-state index in [0.717, 1.165) is 128 Å². The maximum Gasteiger partial charge on any atom is 0.223 e. The molecule has 5 aromatic heterocycles. The van der Waals surface area contributed by atoms with E-state index in [4.69, 9.17) is 19.9 Å². The molecule has 0 saturated carbocycles. The molecule has 386 valence electrons. The second-order valence-electron chi connectivity index (χ2n) is 21.1. The Bertz CT molecular complexity index is 5030. The first kappa shape index (κ1) is 47.1. The molecule has 0 aliphatic carbocycles. The van der Waals surface area contributed by atoms with Crippen molar-refractivity contribution in [3.8, 4) is 89.4 Å². The highest BCUT2D eigenvalue weighted by Gasteiger charge is 2.30. The molecule has 0 saturated heterocycles. The lowest BCUT2D eigenvalue weighted by atomic mass is 9.74. The summed E-state index contributed by atoms with van der Waals surface area (Å²) in [5.74, 6) is 1.59. The van der Waals surface area contributed by atoms with Crippen LogP contribution in [-0.4, -0.2) is 37.9 Å². The van der Waals surface area contributed by atoms with Gasteiger partial charge in [-0.1, -0.05) is 206 Å². The van der Waals surface area contributed by atoms with Crippen molar-refractivity contribution in [2.75, 3.05) is 0 Å². The normalized spacial score (nSPS) is 11.8. The molecule has 0 atom stereocenters. The number of fused-ring (bicyclic) bond motifs is 10. The highest BCUT2D eigenvalue weighted by atomic mass is 15.2. The van der Waals surface area contributed by atoms with Crippen molar-refractivity contribution in [2.24, 2.45) is 0 Å². The molecule has 0 aliphatic rings. The minimum Gasteiger partial charge on any atom is -0.278 e. The topological polar surface area (TPSA) is 70.2 Å². The number of imidazole rings is 4. The first-order valence-corrected chi connectivity index (χ1v) is 27.8. The molecule has 82 heavy (non-hydrogen) atoms. The number of para-hydroxylation sites is 5.